The van der Waals surface area contributed by atoms with Gasteiger partial charge in [0.25, 0.3) is 0 Å². The molecule has 0 unspecified atom stereocenters. The highest BCUT2D eigenvalue weighted by Crippen LogP contribution is 2.40. The van der Waals surface area contributed by atoms with Crippen LogP contribution in [0.25, 0.3) is 22.4 Å². The van der Waals surface area contributed by atoms with Crippen LogP contribution in [0.4, 0.5) is 13.2 Å². The first-order valence-electron chi connectivity index (χ1n) is 8.76. The van der Waals surface area contributed by atoms with Crippen molar-refractivity contribution in [1.82, 2.24) is 9.78 Å². The summed E-state index contributed by atoms with van der Waals surface area (Å²) >= 11 is 0. The van der Waals surface area contributed by atoms with Gasteiger partial charge in [-0.3, -0.25) is 4.68 Å². The number of aryl methyl sites for hydroxylation is 2. The average molecular weight is 356 g/mol. The normalized spacial score (nSPS) is 14.3. The molecule has 0 atom stereocenters. The predicted octanol–water partition coefficient (Wildman–Crippen LogP) is 5.65. The van der Waals surface area contributed by atoms with Crippen molar-refractivity contribution in [3.8, 4) is 22.4 Å². The Balaban J connectivity index is 1.96. The molecule has 1 aliphatic rings. The Bertz CT molecular complexity index is 954. The second-order valence-corrected chi connectivity index (χ2v) is 6.75. The van der Waals surface area contributed by atoms with Gasteiger partial charge in [0.1, 0.15) is 0 Å². The van der Waals surface area contributed by atoms with E-state index in [1.54, 1.807) is 30.1 Å². The molecule has 1 aliphatic carbocycles. The lowest BCUT2D eigenvalue weighted by Gasteiger charge is -2.21. The minimum absolute atomic E-state index is 0.568. The van der Waals surface area contributed by atoms with E-state index in [0.717, 1.165) is 36.8 Å². The van der Waals surface area contributed by atoms with Gasteiger partial charge in [0, 0.05) is 18.8 Å². The fourth-order valence-corrected chi connectivity index (χ4v) is 3.84. The summed E-state index contributed by atoms with van der Waals surface area (Å²) in [6.45, 7) is 0. The maximum Gasteiger partial charge on any atom is 0.416 e. The first-order chi connectivity index (χ1) is 12.4. The van der Waals surface area contributed by atoms with Crippen LogP contribution < -0.4 is 0 Å². The summed E-state index contributed by atoms with van der Waals surface area (Å²) in [5, 5.41) is 4.14. The van der Waals surface area contributed by atoms with Crippen LogP contribution in [0.1, 0.15) is 29.5 Å². The fourth-order valence-electron chi connectivity index (χ4n) is 3.84. The summed E-state index contributed by atoms with van der Waals surface area (Å²) < 4.78 is 41.5. The zero-order chi connectivity index (χ0) is 18.3. The number of fused-ring (bicyclic) bond motifs is 1. The molecule has 0 aliphatic heterocycles. The molecule has 134 valence electrons. The summed E-state index contributed by atoms with van der Waals surface area (Å²) in [6, 6.07) is 11.9. The molecule has 0 saturated carbocycles. The lowest BCUT2D eigenvalue weighted by atomic mass is 9.84. The van der Waals surface area contributed by atoms with Crippen LogP contribution in [0.3, 0.4) is 0 Å². The van der Waals surface area contributed by atoms with E-state index in [1.165, 1.54) is 23.3 Å². The highest BCUT2D eigenvalue weighted by atomic mass is 19.4. The maximum atomic E-state index is 13.3. The Kier molecular flexibility index (Phi) is 4.10. The molecule has 1 aromatic heterocycles. The molecular formula is C21H19F3N2. The molecule has 0 amide bonds. The van der Waals surface area contributed by atoms with Crippen molar-refractivity contribution in [1.29, 1.82) is 0 Å². The van der Waals surface area contributed by atoms with E-state index in [2.05, 4.69) is 11.2 Å². The van der Waals surface area contributed by atoms with Gasteiger partial charge in [-0.15, -0.1) is 0 Å². The highest BCUT2D eigenvalue weighted by Gasteiger charge is 2.31. The number of halogens is 3. The van der Waals surface area contributed by atoms with Gasteiger partial charge in [0.05, 0.1) is 11.3 Å². The lowest BCUT2D eigenvalue weighted by molar-refractivity contribution is -0.137. The first-order valence-corrected chi connectivity index (χ1v) is 8.76. The monoisotopic (exact) mass is 356 g/mol. The summed E-state index contributed by atoms with van der Waals surface area (Å²) in [7, 11) is 1.75. The van der Waals surface area contributed by atoms with Gasteiger partial charge < -0.3 is 0 Å². The molecule has 26 heavy (non-hydrogen) atoms. The molecule has 0 N–H and O–H groups in total. The Hall–Kier alpha value is -2.56. The summed E-state index contributed by atoms with van der Waals surface area (Å²) in [5.41, 5.74) is 5.06. The second kappa shape index (κ2) is 6.31. The van der Waals surface area contributed by atoms with Gasteiger partial charge in [-0.1, -0.05) is 24.3 Å². The van der Waals surface area contributed by atoms with E-state index in [9.17, 15) is 13.2 Å². The summed E-state index contributed by atoms with van der Waals surface area (Å²) in [4.78, 5) is 0. The molecule has 2 aromatic carbocycles. The quantitative estimate of drug-likeness (QED) is 0.580. The van der Waals surface area contributed by atoms with E-state index in [1.807, 2.05) is 12.1 Å². The zero-order valence-corrected chi connectivity index (χ0v) is 14.5. The second-order valence-electron chi connectivity index (χ2n) is 6.75. The Labute approximate surface area is 150 Å². The first kappa shape index (κ1) is 16.9. The van der Waals surface area contributed by atoms with Crippen LogP contribution in [0.15, 0.2) is 48.7 Å². The number of aromatic nitrogens is 2. The molecule has 0 bridgehead atoms. The van der Waals surface area contributed by atoms with Crippen LogP contribution in [0, 0.1) is 0 Å². The summed E-state index contributed by atoms with van der Waals surface area (Å²) in [6.07, 6.45) is 1.52. The minimum Gasteiger partial charge on any atom is -0.268 e. The molecule has 0 fully saturated rings. The van der Waals surface area contributed by atoms with Crippen molar-refractivity contribution in [2.75, 3.05) is 0 Å². The van der Waals surface area contributed by atoms with E-state index in [0.29, 0.717) is 11.3 Å². The fraction of sp³-hybridized carbons (Fsp3) is 0.286. The molecule has 4 rings (SSSR count). The van der Waals surface area contributed by atoms with Crippen LogP contribution >= 0.6 is 0 Å². The molecule has 0 spiro atoms. The third-order valence-electron chi connectivity index (χ3n) is 5.13. The number of rotatable bonds is 2. The maximum absolute atomic E-state index is 13.3. The number of nitrogens with zero attached hydrogens (tertiary/aromatic N) is 2. The molecule has 2 nitrogen and oxygen atoms in total. The third-order valence-corrected chi connectivity index (χ3v) is 5.13. The Morgan fingerprint density at radius 1 is 0.923 bits per heavy atom. The Morgan fingerprint density at radius 3 is 2.46 bits per heavy atom. The highest BCUT2D eigenvalue weighted by molar-refractivity contribution is 5.84. The van der Waals surface area contributed by atoms with Crippen molar-refractivity contribution in [2.45, 2.75) is 31.9 Å². The third kappa shape index (κ3) is 2.91. The van der Waals surface area contributed by atoms with Gasteiger partial charge in [0.15, 0.2) is 0 Å². The van der Waals surface area contributed by atoms with Crippen molar-refractivity contribution in [3.05, 3.63) is 65.4 Å². The van der Waals surface area contributed by atoms with Gasteiger partial charge in [-0.25, -0.2) is 0 Å². The van der Waals surface area contributed by atoms with Crippen molar-refractivity contribution >= 4 is 0 Å². The van der Waals surface area contributed by atoms with Crippen molar-refractivity contribution in [3.63, 3.8) is 0 Å². The SMILES string of the molecule is Cn1nccc1-c1cc(C(F)(F)F)ccc1-c1cccc2c1CCCC2. The van der Waals surface area contributed by atoms with Crippen LogP contribution in [-0.2, 0) is 26.1 Å². The number of hydrogen-bond acceptors (Lipinski definition) is 1. The standard InChI is InChI=1S/C21H19F3N2/c1-26-20(11-12-25-26)19-13-15(21(22,23)24)9-10-18(19)17-8-4-6-14-5-2-3-7-16(14)17/h4,6,8-13H,2-3,5,7H2,1H3. The van der Waals surface area contributed by atoms with Gasteiger partial charge in [0.2, 0.25) is 0 Å². The minimum atomic E-state index is -4.37. The lowest BCUT2D eigenvalue weighted by Crippen LogP contribution is -2.08. The van der Waals surface area contributed by atoms with Crippen LogP contribution in [0.5, 0.6) is 0 Å². The average Bonchev–Trinajstić information content (AvgIpc) is 3.06. The van der Waals surface area contributed by atoms with E-state index < -0.39 is 11.7 Å². The Morgan fingerprint density at radius 2 is 1.73 bits per heavy atom. The van der Waals surface area contributed by atoms with E-state index >= 15 is 0 Å². The predicted molar refractivity (Wildman–Crippen MR) is 95.7 cm³/mol. The molecule has 5 heteroatoms. The molecule has 3 aromatic rings. The van der Waals surface area contributed by atoms with Gasteiger partial charge in [-0.05, 0) is 66.1 Å². The number of benzene rings is 2. The number of hydrogen-bond donors (Lipinski definition) is 0. The van der Waals surface area contributed by atoms with Gasteiger partial charge in [-0.2, -0.15) is 18.3 Å². The smallest absolute Gasteiger partial charge is 0.268 e. The van der Waals surface area contributed by atoms with E-state index in [4.69, 9.17) is 0 Å². The van der Waals surface area contributed by atoms with Crippen LogP contribution in [-0.4, -0.2) is 9.78 Å². The topological polar surface area (TPSA) is 17.8 Å². The van der Waals surface area contributed by atoms with Gasteiger partial charge >= 0.3 is 6.18 Å². The molecular weight excluding hydrogens is 337 g/mol. The number of alkyl halides is 3. The zero-order valence-electron chi connectivity index (χ0n) is 14.5. The molecule has 0 saturated heterocycles. The van der Waals surface area contributed by atoms with Crippen molar-refractivity contribution < 1.29 is 13.2 Å². The summed E-state index contributed by atoms with van der Waals surface area (Å²) in [5.74, 6) is 0. The largest absolute Gasteiger partial charge is 0.416 e. The molecule has 1 heterocycles. The van der Waals surface area contributed by atoms with E-state index in [-0.39, 0.29) is 0 Å². The van der Waals surface area contributed by atoms with Crippen LogP contribution in [0.2, 0.25) is 0 Å². The van der Waals surface area contributed by atoms with Crippen molar-refractivity contribution in [2.24, 2.45) is 7.05 Å². The molecule has 0 radical (unpaired) electrons.